The van der Waals surface area contributed by atoms with E-state index in [4.69, 9.17) is 5.73 Å². The molecular weight excluding hydrogens is 226 g/mol. The highest BCUT2D eigenvalue weighted by Crippen LogP contribution is 2.17. The predicted molar refractivity (Wildman–Crippen MR) is 71.1 cm³/mol. The van der Waals surface area contributed by atoms with Crippen LogP contribution in [0, 0.1) is 6.92 Å². The lowest BCUT2D eigenvalue weighted by molar-refractivity contribution is -0.121. The van der Waals surface area contributed by atoms with Gasteiger partial charge in [-0.2, -0.15) is 0 Å². The Kier molecular flexibility index (Phi) is 4.31. The zero-order valence-corrected chi connectivity index (χ0v) is 10.9. The first-order chi connectivity index (χ1) is 8.65. The fraction of sp³-hybridized carbons (Fsp3) is 0.571. The van der Waals surface area contributed by atoms with Crippen LogP contribution in [0.4, 0.5) is 0 Å². The maximum atomic E-state index is 11.9. The Morgan fingerprint density at radius 2 is 2.17 bits per heavy atom. The molecule has 98 valence electrons. The smallest absolute Gasteiger partial charge is 0.226 e. The molecule has 4 nitrogen and oxygen atoms in total. The lowest BCUT2D eigenvalue weighted by Crippen LogP contribution is -2.41. The van der Waals surface area contributed by atoms with Crippen LogP contribution in [-0.4, -0.2) is 23.0 Å². The number of carbonyl (C=O) groups is 1. The number of hydrogen-bond donors (Lipinski definition) is 2. The second-order valence-corrected chi connectivity index (χ2v) is 5.12. The van der Waals surface area contributed by atoms with E-state index in [2.05, 4.69) is 10.3 Å². The molecule has 0 aliphatic heterocycles. The number of aryl methyl sites for hydroxylation is 1. The van der Waals surface area contributed by atoms with Gasteiger partial charge >= 0.3 is 0 Å². The Labute approximate surface area is 108 Å². The summed E-state index contributed by atoms with van der Waals surface area (Å²) in [5.74, 6) is 0.0669. The molecule has 4 heteroatoms. The van der Waals surface area contributed by atoms with Crippen molar-refractivity contribution in [2.24, 2.45) is 5.73 Å². The number of nitrogens with two attached hydrogens (primary N) is 1. The average Bonchev–Trinajstić information content (AvgIpc) is 2.35. The van der Waals surface area contributed by atoms with Crippen molar-refractivity contribution in [1.82, 2.24) is 10.3 Å². The van der Waals surface area contributed by atoms with Gasteiger partial charge in [0, 0.05) is 18.3 Å². The summed E-state index contributed by atoms with van der Waals surface area (Å²) < 4.78 is 0. The molecule has 0 unspecified atom stereocenters. The summed E-state index contributed by atoms with van der Waals surface area (Å²) in [6.07, 6.45) is 6.10. The highest BCUT2D eigenvalue weighted by Gasteiger charge is 2.20. The minimum Gasteiger partial charge on any atom is -0.353 e. The van der Waals surface area contributed by atoms with Crippen molar-refractivity contribution in [3.63, 3.8) is 0 Å². The molecule has 0 radical (unpaired) electrons. The molecule has 1 aliphatic rings. The van der Waals surface area contributed by atoms with E-state index < -0.39 is 0 Å². The van der Waals surface area contributed by atoms with Crippen LogP contribution in [-0.2, 0) is 11.2 Å². The van der Waals surface area contributed by atoms with E-state index in [0.717, 1.165) is 36.9 Å². The van der Waals surface area contributed by atoms with Gasteiger partial charge in [-0.3, -0.25) is 9.78 Å². The Morgan fingerprint density at radius 1 is 1.44 bits per heavy atom. The fourth-order valence-corrected chi connectivity index (χ4v) is 2.40. The molecule has 0 atom stereocenters. The van der Waals surface area contributed by atoms with Crippen LogP contribution in [0.15, 0.2) is 18.3 Å². The molecule has 1 aliphatic carbocycles. The molecule has 0 saturated heterocycles. The first-order valence-corrected chi connectivity index (χ1v) is 6.60. The van der Waals surface area contributed by atoms with Crippen molar-refractivity contribution in [1.29, 1.82) is 0 Å². The van der Waals surface area contributed by atoms with Gasteiger partial charge in [0.2, 0.25) is 5.91 Å². The van der Waals surface area contributed by atoms with Crippen LogP contribution in [0.5, 0.6) is 0 Å². The Morgan fingerprint density at radius 3 is 2.83 bits per heavy atom. The van der Waals surface area contributed by atoms with E-state index in [1.807, 2.05) is 19.1 Å². The minimum absolute atomic E-state index is 0.0669. The van der Waals surface area contributed by atoms with Crippen molar-refractivity contribution in [2.75, 3.05) is 0 Å². The van der Waals surface area contributed by atoms with Crippen molar-refractivity contribution < 1.29 is 4.79 Å². The predicted octanol–water partition coefficient (Wildman–Crippen LogP) is 1.32. The van der Waals surface area contributed by atoms with E-state index in [1.54, 1.807) is 6.20 Å². The quantitative estimate of drug-likeness (QED) is 0.846. The monoisotopic (exact) mass is 247 g/mol. The molecule has 2 rings (SSSR count). The molecule has 1 fully saturated rings. The molecule has 0 aromatic carbocycles. The topological polar surface area (TPSA) is 68.0 Å². The van der Waals surface area contributed by atoms with E-state index in [1.165, 1.54) is 0 Å². The zero-order chi connectivity index (χ0) is 13.0. The highest BCUT2D eigenvalue weighted by molar-refractivity contribution is 5.78. The maximum absolute atomic E-state index is 11.9. The van der Waals surface area contributed by atoms with Crippen LogP contribution >= 0.6 is 0 Å². The zero-order valence-electron chi connectivity index (χ0n) is 10.9. The van der Waals surface area contributed by atoms with E-state index >= 15 is 0 Å². The Balaban J connectivity index is 1.84. The largest absolute Gasteiger partial charge is 0.353 e. The van der Waals surface area contributed by atoms with Gasteiger partial charge < -0.3 is 11.1 Å². The second-order valence-electron chi connectivity index (χ2n) is 5.12. The van der Waals surface area contributed by atoms with Gasteiger partial charge in [0.05, 0.1) is 12.1 Å². The van der Waals surface area contributed by atoms with E-state index in [0.29, 0.717) is 18.5 Å². The number of nitrogens with one attached hydrogen (secondary N) is 1. The molecule has 3 N–H and O–H groups in total. The first kappa shape index (κ1) is 13.0. The van der Waals surface area contributed by atoms with Crippen LogP contribution in [0.25, 0.3) is 0 Å². The summed E-state index contributed by atoms with van der Waals surface area (Å²) in [5, 5.41) is 3.08. The highest BCUT2D eigenvalue weighted by atomic mass is 16.1. The number of carbonyl (C=O) groups excluding carboxylic acids is 1. The normalized spacial score (nSPS) is 23.7. The Bertz CT molecular complexity index is 411. The van der Waals surface area contributed by atoms with Gasteiger partial charge in [-0.1, -0.05) is 6.07 Å². The minimum atomic E-state index is 0.0669. The molecule has 1 saturated carbocycles. The maximum Gasteiger partial charge on any atom is 0.226 e. The number of pyridine rings is 1. The number of rotatable bonds is 3. The third kappa shape index (κ3) is 3.53. The van der Waals surface area contributed by atoms with Gasteiger partial charge in [-0.15, -0.1) is 0 Å². The molecule has 18 heavy (non-hydrogen) atoms. The second kappa shape index (κ2) is 5.96. The number of aromatic nitrogens is 1. The summed E-state index contributed by atoms with van der Waals surface area (Å²) in [7, 11) is 0. The molecule has 1 aromatic rings. The molecule has 0 spiro atoms. The van der Waals surface area contributed by atoms with Crippen molar-refractivity contribution in [3.05, 3.63) is 29.6 Å². The summed E-state index contributed by atoms with van der Waals surface area (Å²) in [6, 6.07) is 4.48. The SMILES string of the molecule is Cc1cccnc1CC(=O)NC1CCC(N)CC1. The lowest BCUT2D eigenvalue weighted by atomic mass is 9.92. The van der Waals surface area contributed by atoms with Gasteiger partial charge in [0.1, 0.15) is 0 Å². The third-order valence-electron chi connectivity index (χ3n) is 3.58. The number of hydrogen-bond acceptors (Lipinski definition) is 3. The van der Waals surface area contributed by atoms with Crippen molar-refractivity contribution in [2.45, 2.75) is 51.1 Å². The summed E-state index contributed by atoms with van der Waals surface area (Å²) >= 11 is 0. The van der Waals surface area contributed by atoms with Gasteiger partial charge in [-0.05, 0) is 44.2 Å². The molecule has 1 heterocycles. The number of nitrogens with zero attached hydrogens (tertiary/aromatic N) is 1. The van der Waals surface area contributed by atoms with Gasteiger partial charge in [0.15, 0.2) is 0 Å². The lowest BCUT2D eigenvalue weighted by Gasteiger charge is -2.26. The fourth-order valence-electron chi connectivity index (χ4n) is 2.40. The van der Waals surface area contributed by atoms with Crippen LogP contribution < -0.4 is 11.1 Å². The molecular formula is C14H21N3O. The third-order valence-corrected chi connectivity index (χ3v) is 3.58. The van der Waals surface area contributed by atoms with E-state index in [9.17, 15) is 4.79 Å². The average molecular weight is 247 g/mol. The van der Waals surface area contributed by atoms with Crippen molar-refractivity contribution >= 4 is 5.91 Å². The molecule has 1 aromatic heterocycles. The van der Waals surface area contributed by atoms with E-state index in [-0.39, 0.29) is 5.91 Å². The van der Waals surface area contributed by atoms with Crippen LogP contribution in [0.3, 0.4) is 0 Å². The molecule has 0 bridgehead atoms. The Hall–Kier alpha value is -1.42. The molecule has 1 amide bonds. The van der Waals surface area contributed by atoms with Crippen LogP contribution in [0.1, 0.15) is 36.9 Å². The summed E-state index contributed by atoms with van der Waals surface area (Å²) in [6.45, 7) is 1.98. The van der Waals surface area contributed by atoms with Crippen LogP contribution in [0.2, 0.25) is 0 Å². The summed E-state index contributed by atoms with van der Waals surface area (Å²) in [4.78, 5) is 16.2. The first-order valence-electron chi connectivity index (χ1n) is 6.60. The van der Waals surface area contributed by atoms with Crippen molar-refractivity contribution in [3.8, 4) is 0 Å². The standard InChI is InChI=1S/C14H21N3O/c1-10-3-2-8-16-13(10)9-14(18)17-12-6-4-11(15)5-7-12/h2-3,8,11-12H,4-7,9,15H2,1H3,(H,17,18). The van der Waals surface area contributed by atoms with Gasteiger partial charge in [-0.25, -0.2) is 0 Å². The van der Waals surface area contributed by atoms with Gasteiger partial charge in [0.25, 0.3) is 0 Å². The summed E-state index contributed by atoms with van der Waals surface area (Å²) in [5.41, 5.74) is 7.78. The number of amides is 1.